The van der Waals surface area contributed by atoms with Gasteiger partial charge in [-0.1, -0.05) is 33.6 Å². The van der Waals surface area contributed by atoms with Crippen LogP contribution >= 0.6 is 27.5 Å². The van der Waals surface area contributed by atoms with Crippen LogP contribution in [0.2, 0.25) is 5.02 Å². The van der Waals surface area contributed by atoms with E-state index in [0.717, 1.165) is 11.0 Å². The molecule has 0 saturated carbocycles. The van der Waals surface area contributed by atoms with Gasteiger partial charge < -0.3 is 0 Å². The zero-order valence-corrected chi connectivity index (χ0v) is 14.1. The third-order valence-electron chi connectivity index (χ3n) is 3.23. The summed E-state index contributed by atoms with van der Waals surface area (Å²) >= 11 is 9.33. The third-order valence-corrected chi connectivity index (χ3v) is 6.11. The Hall–Kier alpha value is -0.400. The van der Waals surface area contributed by atoms with E-state index in [1.54, 1.807) is 12.1 Å². The van der Waals surface area contributed by atoms with Crippen molar-refractivity contribution in [3.63, 3.8) is 0 Å². The predicted molar refractivity (Wildman–Crippen MR) is 84.5 cm³/mol. The largest absolute Gasteiger partial charge is 0.297 e. The number of hydrogen-bond acceptors (Lipinski definition) is 3. The Morgan fingerprint density at radius 1 is 1.30 bits per heavy atom. The van der Waals surface area contributed by atoms with Gasteiger partial charge in [0.15, 0.2) is 0 Å². The molecule has 1 aromatic carbocycles. The van der Waals surface area contributed by atoms with Crippen LogP contribution in [0.1, 0.15) is 0 Å². The normalized spacial score (nSPS) is 18.1. The molecule has 4 nitrogen and oxygen atoms in total. The van der Waals surface area contributed by atoms with Gasteiger partial charge in [0.1, 0.15) is 4.90 Å². The average Bonchev–Trinajstić information content (AvgIpc) is 2.39. The van der Waals surface area contributed by atoms with E-state index in [9.17, 15) is 8.42 Å². The van der Waals surface area contributed by atoms with E-state index in [1.807, 2.05) is 6.08 Å². The molecule has 0 spiro atoms. The second-order valence-corrected chi connectivity index (χ2v) is 7.80. The first-order valence-electron chi connectivity index (χ1n) is 6.23. The highest BCUT2D eigenvalue weighted by Crippen LogP contribution is 2.28. The fourth-order valence-electron chi connectivity index (χ4n) is 2.16. The van der Waals surface area contributed by atoms with E-state index >= 15 is 0 Å². The molecule has 0 bridgehead atoms. The lowest BCUT2D eigenvalue weighted by atomic mass is 10.3. The van der Waals surface area contributed by atoms with Crippen molar-refractivity contribution in [2.24, 2.45) is 0 Å². The SMILES string of the molecule is C=CCN1CCN(S(=O)(=O)c2ccc(Br)cc2Cl)CC1. The van der Waals surface area contributed by atoms with Crippen molar-refractivity contribution in [2.75, 3.05) is 32.7 Å². The molecule has 0 atom stereocenters. The van der Waals surface area contributed by atoms with Gasteiger partial charge >= 0.3 is 0 Å². The molecule has 110 valence electrons. The van der Waals surface area contributed by atoms with E-state index in [4.69, 9.17) is 11.6 Å². The number of nitrogens with zero attached hydrogens (tertiary/aromatic N) is 2. The van der Waals surface area contributed by atoms with Gasteiger partial charge in [-0.25, -0.2) is 8.42 Å². The first-order valence-corrected chi connectivity index (χ1v) is 8.84. The van der Waals surface area contributed by atoms with Crippen LogP contribution in [0.5, 0.6) is 0 Å². The highest BCUT2D eigenvalue weighted by atomic mass is 79.9. The summed E-state index contributed by atoms with van der Waals surface area (Å²) in [5, 5.41) is 0.243. The molecule has 1 fully saturated rings. The van der Waals surface area contributed by atoms with Gasteiger partial charge in [-0.2, -0.15) is 4.31 Å². The minimum absolute atomic E-state index is 0.166. The fourth-order valence-corrected chi connectivity index (χ4v) is 4.59. The van der Waals surface area contributed by atoms with Crippen LogP contribution in [-0.2, 0) is 10.0 Å². The summed E-state index contributed by atoms with van der Waals surface area (Å²) in [7, 11) is -3.52. The molecule has 1 aromatic rings. The highest BCUT2D eigenvalue weighted by Gasteiger charge is 2.29. The van der Waals surface area contributed by atoms with Crippen LogP contribution in [0, 0.1) is 0 Å². The van der Waals surface area contributed by atoms with Crippen molar-refractivity contribution in [2.45, 2.75) is 4.90 Å². The number of rotatable bonds is 4. The van der Waals surface area contributed by atoms with E-state index in [2.05, 4.69) is 27.4 Å². The Morgan fingerprint density at radius 3 is 2.50 bits per heavy atom. The molecule has 1 heterocycles. The van der Waals surface area contributed by atoms with Gasteiger partial charge in [0, 0.05) is 37.2 Å². The van der Waals surface area contributed by atoms with Gasteiger partial charge in [-0.05, 0) is 18.2 Å². The maximum Gasteiger partial charge on any atom is 0.244 e. The summed E-state index contributed by atoms with van der Waals surface area (Å²) in [5.41, 5.74) is 0. The van der Waals surface area contributed by atoms with Crippen molar-refractivity contribution < 1.29 is 8.42 Å². The molecule has 0 unspecified atom stereocenters. The van der Waals surface area contributed by atoms with Gasteiger partial charge in [-0.15, -0.1) is 6.58 Å². The quantitative estimate of drug-likeness (QED) is 0.755. The molecular weight excluding hydrogens is 364 g/mol. The predicted octanol–water partition coefficient (Wildman–Crippen LogP) is 2.59. The molecule has 0 aliphatic carbocycles. The number of benzene rings is 1. The zero-order valence-electron chi connectivity index (χ0n) is 10.9. The van der Waals surface area contributed by atoms with Crippen molar-refractivity contribution in [3.05, 3.63) is 40.3 Å². The second-order valence-electron chi connectivity index (χ2n) is 4.57. The molecule has 2 rings (SSSR count). The summed E-state index contributed by atoms with van der Waals surface area (Å²) < 4.78 is 27.4. The molecule has 0 aromatic heterocycles. The Labute approximate surface area is 133 Å². The maximum atomic E-state index is 12.6. The standard InChI is InChI=1S/C13H16BrClN2O2S/c1-2-5-16-6-8-17(9-7-16)20(18,19)13-4-3-11(14)10-12(13)15/h2-4,10H,1,5-9H2. The third kappa shape index (κ3) is 3.43. The van der Waals surface area contributed by atoms with Gasteiger partial charge in [0.05, 0.1) is 5.02 Å². The number of sulfonamides is 1. The fraction of sp³-hybridized carbons (Fsp3) is 0.385. The Kier molecular flexibility index (Phi) is 5.25. The summed E-state index contributed by atoms with van der Waals surface area (Å²) in [6, 6.07) is 4.83. The minimum atomic E-state index is -3.52. The number of piperazine rings is 1. The molecular formula is C13H16BrClN2O2S. The molecule has 1 aliphatic heterocycles. The van der Waals surface area contributed by atoms with Crippen LogP contribution in [0.4, 0.5) is 0 Å². The molecule has 0 amide bonds. The highest BCUT2D eigenvalue weighted by molar-refractivity contribution is 9.10. The summed E-state index contributed by atoms with van der Waals surface area (Å²) in [4.78, 5) is 2.34. The molecule has 7 heteroatoms. The molecule has 0 N–H and O–H groups in total. The van der Waals surface area contributed by atoms with Gasteiger partial charge in [0.25, 0.3) is 0 Å². The van der Waals surface area contributed by atoms with Crippen LogP contribution < -0.4 is 0 Å². The minimum Gasteiger partial charge on any atom is -0.297 e. The van der Waals surface area contributed by atoms with Crippen molar-refractivity contribution in [1.29, 1.82) is 0 Å². The smallest absolute Gasteiger partial charge is 0.244 e. The van der Waals surface area contributed by atoms with E-state index < -0.39 is 10.0 Å². The lowest BCUT2D eigenvalue weighted by Gasteiger charge is -2.33. The summed E-state index contributed by atoms with van der Waals surface area (Å²) in [6.45, 7) is 6.84. The van der Waals surface area contributed by atoms with Crippen LogP contribution in [-0.4, -0.2) is 50.3 Å². The van der Waals surface area contributed by atoms with Crippen molar-refractivity contribution >= 4 is 37.6 Å². The Balaban J connectivity index is 2.17. The Morgan fingerprint density at radius 2 is 1.95 bits per heavy atom. The van der Waals surface area contributed by atoms with Crippen LogP contribution in [0.25, 0.3) is 0 Å². The van der Waals surface area contributed by atoms with Crippen LogP contribution in [0.15, 0.2) is 40.2 Å². The second kappa shape index (κ2) is 6.58. The van der Waals surface area contributed by atoms with Crippen LogP contribution in [0.3, 0.4) is 0 Å². The number of halogens is 2. The van der Waals surface area contributed by atoms with E-state index in [0.29, 0.717) is 26.2 Å². The average molecular weight is 380 g/mol. The lowest BCUT2D eigenvalue weighted by Crippen LogP contribution is -2.48. The topological polar surface area (TPSA) is 40.6 Å². The van der Waals surface area contributed by atoms with Gasteiger partial charge in [0.2, 0.25) is 10.0 Å². The molecule has 0 radical (unpaired) electrons. The molecule has 1 saturated heterocycles. The zero-order chi connectivity index (χ0) is 14.8. The monoisotopic (exact) mass is 378 g/mol. The van der Waals surface area contributed by atoms with E-state index in [1.165, 1.54) is 10.4 Å². The van der Waals surface area contributed by atoms with Crippen molar-refractivity contribution in [1.82, 2.24) is 9.21 Å². The summed E-state index contributed by atoms with van der Waals surface area (Å²) in [5.74, 6) is 0. The Bertz CT molecular complexity index is 598. The van der Waals surface area contributed by atoms with E-state index in [-0.39, 0.29) is 9.92 Å². The first-order chi connectivity index (χ1) is 9.45. The van der Waals surface area contributed by atoms with Crippen molar-refractivity contribution in [3.8, 4) is 0 Å². The number of hydrogen-bond donors (Lipinski definition) is 0. The summed E-state index contributed by atoms with van der Waals surface area (Å²) in [6.07, 6.45) is 1.83. The van der Waals surface area contributed by atoms with Gasteiger partial charge in [-0.3, -0.25) is 4.90 Å². The first kappa shape index (κ1) is 16.0. The molecule has 1 aliphatic rings. The maximum absolute atomic E-state index is 12.6. The lowest BCUT2D eigenvalue weighted by molar-refractivity contribution is 0.204. The molecule has 20 heavy (non-hydrogen) atoms.